The molecule has 0 saturated heterocycles. The molecule has 0 saturated carbocycles. The highest BCUT2D eigenvalue weighted by Gasteiger charge is 2.18. The van der Waals surface area contributed by atoms with Gasteiger partial charge in [-0.2, -0.15) is 0 Å². The maximum atomic E-state index is 13.9. The van der Waals surface area contributed by atoms with Crippen LogP contribution < -0.4 is 4.74 Å². The summed E-state index contributed by atoms with van der Waals surface area (Å²) < 4.78 is 19.0. The van der Waals surface area contributed by atoms with Crippen molar-refractivity contribution in [2.24, 2.45) is 0 Å². The predicted octanol–water partition coefficient (Wildman–Crippen LogP) is 2.85. The Hall–Kier alpha value is -1.50. The van der Waals surface area contributed by atoms with Gasteiger partial charge in [-0.15, -0.1) is 11.3 Å². The van der Waals surface area contributed by atoms with Gasteiger partial charge in [-0.25, -0.2) is 9.37 Å². The third kappa shape index (κ3) is 4.23. The molecule has 0 aliphatic rings. The smallest absolute Gasteiger partial charge is 0.132 e. The van der Waals surface area contributed by atoms with E-state index in [9.17, 15) is 9.50 Å². The molecule has 0 amide bonds. The molecule has 0 bridgehead atoms. The molecule has 0 spiro atoms. The van der Waals surface area contributed by atoms with E-state index in [1.807, 2.05) is 17.3 Å². The number of rotatable bonds is 7. The van der Waals surface area contributed by atoms with Crippen LogP contribution in [0.15, 0.2) is 29.1 Å². The van der Waals surface area contributed by atoms with E-state index in [0.29, 0.717) is 25.3 Å². The first-order valence-electron chi connectivity index (χ1n) is 6.68. The molecule has 2 rings (SSSR count). The molecule has 21 heavy (non-hydrogen) atoms. The Bertz CT molecular complexity index is 563. The van der Waals surface area contributed by atoms with Crippen molar-refractivity contribution in [3.63, 3.8) is 0 Å². The van der Waals surface area contributed by atoms with Crippen molar-refractivity contribution >= 4 is 11.3 Å². The van der Waals surface area contributed by atoms with Gasteiger partial charge in [0.25, 0.3) is 0 Å². The van der Waals surface area contributed by atoms with Crippen molar-refractivity contribution in [1.29, 1.82) is 0 Å². The summed E-state index contributed by atoms with van der Waals surface area (Å²) in [6.45, 7) is 1.35. The molecule has 6 heteroatoms. The van der Waals surface area contributed by atoms with E-state index in [0.717, 1.165) is 5.69 Å². The summed E-state index contributed by atoms with van der Waals surface area (Å²) >= 11 is 1.56. The lowest BCUT2D eigenvalue weighted by Gasteiger charge is -2.19. The Labute approximate surface area is 127 Å². The number of benzene rings is 1. The van der Waals surface area contributed by atoms with Crippen LogP contribution in [0.4, 0.5) is 4.39 Å². The number of halogens is 1. The van der Waals surface area contributed by atoms with Crippen molar-refractivity contribution in [2.75, 3.05) is 20.7 Å². The minimum absolute atomic E-state index is 0.224. The summed E-state index contributed by atoms with van der Waals surface area (Å²) in [5.74, 6) is -0.0614. The quantitative estimate of drug-likeness (QED) is 0.854. The lowest BCUT2D eigenvalue weighted by molar-refractivity contribution is 0.140. The van der Waals surface area contributed by atoms with Gasteiger partial charge < -0.3 is 14.7 Å². The Morgan fingerprint density at radius 1 is 1.48 bits per heavy atom. The molecular formula is C15H19FN2O2S. The van der Waals surface area contributed by atoms with Gasteiger partial charge in [0.15, 0.2) is 0 Å². The van der Waals surface area contributed by atoms with Gasteiger partial charge in [-0.1, -0.05) is 6.07 Å². The Morgan fingerprint density at radius 2 is 2.29 bits per heavy atom. The third-order valence-electron chi connectivity index (χ3n) is 3.27. The first-order valence-corrected chi connectivity index (χ1v) is 7.62. The third-order valence-corrected chi connectivity index (χ3v) is 3.90. The van der Waals surface area contributed by atoms with Crippen LogP contribution in [0.1, 0.15) is 23.8 Å². The molecule has 114 valence electrons. The highest BCUT2D eigenvalue weighted by molar-refractivity contribution is 7.07. The zero-order valence-corrected chi connectivity index (χ0v) is 12.9. The van der Waals surface area contributed by atoms with Crippen LogP contribution >= 0.6 is 11.3 Å². The predicted molar refractivity (Wildman–Crippen MR) is 81.0 cm³/mol. The zero-order valence-electron chi connectivity index (χ0n) is 12.1. The number of hydrogen-bond donors (Lipinski definition) is 1. The summed E-state index contributed by atoms with van der Waals surface area (Å²) in [6, 6.07) is 4.56. The van der Waals surface area contributed by atoms with Crippen LogP contribution in [0.2, 0.25) is 0 Å². The second kappa shape index (κ2) is 7.49. The van der Waals surface area contributed by atoms with Gasteiger partial charge in [0, 0.05) is 18.5 Å². The summed E-state index contributed by atoms with van der Waals surface area (Å²) in [5, 5.41) is 12.2. The number of aromatic nitrogens is 1. The van der Waals surface area contributed by atoms with E-state index >= 15 is 0 Å². The van der Waals surface area contributed by atoms with Gasteiger partial charge in [0.1, 0.15) is 11.6 Å². The summed E-state index contributed by atoms with van der Waals surface area (Å²) in [6.07, 6.45) is -0.461. The second-order valence-corrected chi connectivity index (χ2v) is 5.60. The average molecular weight is 310 g/mol. The van der Waals surface area contributed by atoms with Crippen LogP contribution in [0, 0.1) is 5.82 Å². The Kier molecular flexibility index (Phi) is 5.67. The fourth-order valence-corrected chi connectivity index (χ4v) is 2.73. The molecule has 1 aromatic carbocycles. The number of methoxy groups -OCH3 is 1. The summed E-state index contributed by atoms with van der Waals surface area (Å²) in [4.78, 5) is 6.26. The van der Waals surface area contributed by atoms with E-state index in [-0.39, 0.29) is 5.56 Å². The molecule has 1 atom stereocenters. The van der Waals surface area contributed by atoms with Crippen LogP contribution in [-0.4, -0.2) is 35.7 Å². The standard InChI is InChI=1S/C15H19FN2O2S/c1-18(8-11-9-21-10-17-11)7-6-13(19)15-12(16)4-3-5-14(15)20-2/h3-5,9-10,13,19H,6-8H2,1-2H3. The molecule has 2 aromatic rings. The van der Waals surface area contributed by atoms with E-state index in [2.05, 4.69) is 4.98 Å². The largest absolute Gasteiger partial charge is 0.496 e. The van der Waals surface area contributed by atoms with Crippen molar-refractivity contribution < 1.29 is 14.2 Å². The first-order chi connectivity index (χ1) is 10.1. The highest BCUT2D eigenvalue weighted by atomic mass is 32.1. The average Bonchev–Trinajstić information content (AvgIpc) is 2.97. The van der Waals surface area contributed by atoms with Gasteiger partial charge in [-0.05, 0) is 25.6 Å². The molecular weight excluding hydrogens is 291 g/mol. The van der Waals surface area contributed by atoms with Gasteiger partial charge >= 0.3 is 0 Å². The minimum Gasteiger partial charge on any atom is -0.496 e. The van der Waals surface area contributed by atoms with Crippen LogP contribution in [0.25, 0.3) is 0 Å². The molecule has 0 aliphatic carbocycles. The first kappa shape index (κ1) is 15.9. The number of aliphatic hydroxyl groups excluding tert-OH is 1. The van der Waals surface area contributed by atoms with Crippen molar-refractivity contribution in [3.8, 4) is 5.75 Å². The summed E-state index contributed by atoms with van der Waals surface area (Å²) in [7, 11) is 3.42. The van der Waals surface area contributed by atoms with Gasteiger partial charge in [0.05, 0.1) is 30.0 Å². The second-order valence-electron chi connectivity index (χ2n) is 4.88. The molecule has 0 aliphatic heterocycles. The monoisotopic (exact) mass is 310 g/mol. The van der Waals surface area contributed by atoms with Gasteiger partial charge in [-0.3, -0.25) is 0 Å². The molecule has 1 heterocycles. The molecule has 1 aromatic heterocycles. The maximum Gasteiger partial charge on any atom is 0.132 e. The number of aliphatic hydroxyl groups is 1. The van der Waals surface area contributed by atoms with Crippen LogP contribution in [0.3, 0.4) is 0 Å². The number of thiazole rings is 1. The number of ether oxygens (including phenoxy) is 1. The molecule has 0 radical (unpaired) electrons. The topological polar surface area (TPSA) is 45.6 Å². The fourth-order valence-electron chi connectivity index (χ4n) is 2.18. The van der Waals surface area contributed by atoms with E-state index < -0.39 is 11.9 Å². The number of nitrogens with zero attached hydrogens (tertiary/aromatic N) is 2. The molecule has 0 fully saturated rings. The Balaban J connectivity index is 1.94. The SMILES string of the molecule is COc1cccc(F)c1C(O)CCN(C)Cc1cscn1. The van der Waals surface area contributed by atoms with E-state index in [1.54, 1.807) is 29.0 Å². The fraction of sp³-hybridized carbons (Fsp3) is 0.400. The lowest BCUT2D eigenvalue weighted by atomic mass is 10.0. The molecule has 4 nitrogen and oxygen atoms in total. The van der Waals surface area contributed by atoms with Gasteiger partial charge in [0.2, 0.25) is 0 Å². The normalized spacial score (nSPS) is 12.6. The minimum atomic E-state index is -0.890. The van der Waals surface area contributed by atoms with Crippen molar-refractivity contribution in [1.82, 2.24) is 9.88 Å². The van der Waals surface area contributed by atoms with Crippen molar-refractivity contribution in [2.45, 2.75) is 19.1 Å². The zero-order chi connectivity index (χ0) is 15.2. The molecule has 1 unspecified atom stereocenters. The van der Waals surface area contributed by atoms with Crippen LogP contribution in [0.5, 0.6) is 5.75 Å². The number of hydrogen-bond acceptors (Lipinski definition) is 5. The highest BCUT2D eigenvalue weighted by Crippen LogP contribution is 2.29. The lowest BCUT2D eigenvalue weighted by Crippen LogP contribution is -2.21. The Morgan fingerprint density at radius 3 is 2.95 bits per heavy atom. The maximum absolute atomic E-state index is 13.9. The van der Waals surface area contributed by atoms with E-state index in [4.69, 9.17) is 4.74 Å². The summed E-state index contributed by atoms with van der Waals surface area (Å²) in [5.41, 5.74) is 3.02. The van der Waals surface area contributed by atoms with Crippen LogP contribution in [-0.2, 0) is 6.54 Å². The van der Waals surface area contributed by atoms with E-state index in [1.165, 1.54) is 13.2 Å². The van der Waals surface area contributed by atoms with Crippen molar-refractivity contribution in [3.05, 3.63) is 46.2 Å². The molecule has 1 N–H and O–H groups in total.